The zero-order chi connectivity index (χ0) is 10.7. The molecule has 0 bridgehead atoms. The van der Waals surface area contributed by atoms with Crippen molar-refractivity contribution in [3.05, 3.63) is 35.1 Å². The van der Waals surface area contributed by atoms with E-state index in [1.165, 1.54) is 18.2 Å². The molecule has 0 aromatic heterocycles. The van der Waals surface area contributed by atoms with Gasteiger partial charge in [-0.3, -0.25) is 0 Å². The Morgan fingerprint density at radius 1 is 1.36 bits per heavy atom. The minimum atomic E-state index is -1.53. The van der Waals surface area contributed by atoms with E-state index < -0.39 is 18.0 Å². The van der Waals surface area contributed by atoms with Gasteiger partial charge < -0.3 is 10.2 Å². The van der Waals surface area contributed by atoms with Crippen LogP contribution in [0.3, 0.4) is 0 Å². The van der Waals surface area contributed by atoms with Crippen LogP contribution in [0, 0.1) is 24.1 Å². The predicted octanol–water partition coefficient (Wildman–Crippen LogP) is 1.05. The van der Waals surface area contributed by atoms with Gasteiger partial charge in [0.1, 0.15) is 11.9 Å². The molecule has 0 heterocycles. The number of benzene rings is 1. The lowest BCUT2D eigenvalue weighted by Gasteiger charge is -2.12. The third-order valence-electron chi connectivity index (χ3n) is 1.84. The van der Waals surface area contributed by atoms with Crippen LogP contribution in [0.25, 0.3) is 0 Å². The van der Waals surface area contributed by atoms with E-state index in [0.717, 1.165) is 6.07 Å². The van der Waals surface area contributed by atoms with Crippen molar-refractivity contribution in [2.45, 2.75) is 19.1 Å². The van der Waals surface area contributed by atoms with Gasteiger partial charge in [-0.15, -0.1) is 0 Å². The first kappa shape index (κ1) is 10.6. The van der Waals surface area contributed by atoms with Crippen molar-refractivity contribution >= 4 is 0 Å². The number of hydrogen-bond acceptors (Lipinski definition) is 3. The van der Waals surface area contributed by atoms with Crippen molar-refractivity contribution in [3.8, 4) is 6.07 Å². The number of nitrogens with zero attached hydrogens (tertiary/aromatic N) is 1. The average Bonchev–Trinajstić information content (AvgIpc) is 2.14. The van der Waals surface area contributed by atoms with Crippen molar-refractivity contribution in [1.29, 1.82) is 5.26 Å². The summed E-state index contributed by atoms with van der Waals surface area (Å²) < 4.78 is 12.9. The van der Waals surface area contributed by atoms with Crippen molar-refractivity contribution in [2.24, 2.45) is 0 Å². The fraction of sp³-hybridized carbons (Fsp3) is 0.300. The normalized spacial score (nSPS) is 14.5. The molecule has 3 nitrogen and oxygen atoms in total. The first-order valence-corrected chi connectivity index (χ1v) is 4.07. The van der Waals surface area contributed by atoms with Gasteiger partial charge >= 0.3 is 0 Å². The van der Waals surface area contributed by atoms with Crippen LogP contribution in [-0.2, 0) is 0 Å². The van der Waals surface area contributed by atoms with Crippen LogP contribution in [0.5, 0.6) is 0 Å². The number of halogens is 1. The fourth-order valence-corrected chi connectivity index (χ4v) is 1.19. The second-order valence-electron chi connectivity index (χ2n) is 3.08. The lowest BCUT2D eigenvalue weighted by molar-refractivity contribution is 0.0525. The van der Waals surface area contributed by atoms with Gasteiger partial charge in [-0.05, 0) is 30.2 Å². The third-order valence-corrected chi connectivity index (χ3v) is 1.84. The van der Waals surface area contributed by atoms with E-state index in [0.29, 0.717) is 5.56 Å². The fourth-order valence-electron chi connectivity index (χ4n) is 1.19. The molecular weight excluding hydrogens is 185 g/mol. The maximum atomic E-state index is 12.9. The molecule has 0 spiro atoms. The van der Waals surface area contributed by atoms with Crippen LogP contribution >= 0.6 is 0 Å². The number of rotatable bonds is 2. The Morgan fingerprint density at radius 3 is 2.50 bits per heavy atom. The summed E-state index contributed by atoms with van der Waals surface area (Å²) in [6, 6.07) is 5.40. The highest BCUT2D eigenvalue weighted by atomic mass is 19.1. The maximum Gasteiger partial charge on any atom is 0.170 e. The van der Waals surface area contributed by atoms with Gasteiger partial charge in [-0.25, -0.2) is 4.39 Å². The summed E-state index contributed by atoms with van der Waals surface area (Å²) in [6.07, 6.45) is -2.90. The Hall–Kier alpha value is -1.44. The van der Waals surface area contributed by atoms with Crippen molar-refractivity contribution < 1.29 is 14.6 Å². The summed E-state index contributed by atoms with van der Waals surface area (Å²) in [7, 11) is 0. The smallest absolute Gasteiger partial charge is 0.170 e. The van der Waals surface area contributed by atoms with Gasteiger partial charge in [0, 0.05) is 0 Å². The average molecular weight is 195 g/mol. The summed E-state index contributed by atoms with van der Waals surface area (Å²) in [5.41, 5.74) is 0.834. The summed E-state index contributed by atoms with van der Waals surface area (Å²) in [6.45, 7) is 1.66. The molecule has 0 aliphatic heterocycles. The van der Waals surface area contributed by atoms with Gasteiger partial charge in [-0.1, -0.05) is 6.07 Å². The van der Waals surface area contributed by atoms with E-state index in [-0.39, 0.29) is 5.56 Å². The molecule has 4 heteroatoms. The summed E-state index contributed by atoms with van der Waals surface area (Å²) in [4.78, 5) is 0. The number of aliphatic hydroxyl groups excluding tert-OH is 2. The van der Waals surface area contributed by atoms with Crippen LogP contribution < -0.4 is 0 Å². The largest absolute Gasteiger partial charge is 0.385 e. The Bertz CT molecular complexity index is 353. The minimum Gasteiger partial charge on any atom is -0.385 e. The number of aliphatic hydroxyl groups is 2. The molecular formula is C10H10FNO2. The summed E-state index contributed by atoms with van der Waals surface area (Å²) in [5, 5.41) is 26.8. The maximum absolute atomic E-state index is 12.9. The van der Waals surface area contributed by atoms with Crippen molar-refractivity contribution in [1.82, 2.24) is 0 Å². The molecule has 1 aromatic rings. The molecule has 0 fully saturated rings. The SMILES string of the molecule is Cc1cc(F)cc(C(O)C(O)C#N)c1. The van der Waals surface area contributed by atoms with E-state index in [2.05, 4.69) is 0 Å². The van der Waals surface area contributed by atoms with E-state index in [1.54, 1.807) is 6.92 Å². The van der Waals surface area contributed by atoms with Gasteiger partial charge in [-0.2, -0.15) is 5.26 Å². The second kappa shape index (κ2) is 4.18. The Labute approximate surface area is 81.0 Å². The molecule has 0 saturated carbocycles. The molecule has 0 aliphatic carbocycles. The molecule has 1 aromatic carbocycles. The van der Waals surface area contributed by atoms with E-state index >= 15 is 0 Å². The van der Waals surface area contributed by atoms with Gasteiger partial charge in [0.05, 0.1) is 6.07 Å². The molecule has 1 rings (SSSR count). The first-order chi connectivity index (χ1) is 6.54. The van der Waals surface area contributed by atoms with E-state index in [9.17, 15) is 9.50 Å². The summed E-state index contributed by atoms with van der Waals surface area (Å²) >= 11 is 0. The molecule has 14 heavy (non-hydrogen) atoms. The van der Waals surface area contributed by atoms with E-state index in [1.807, 2.05) is 0 Å². The van der Waals surface area contributed by atoms with E-state index in [4.69, 9.17) is 10.4 Å². The van der Waals surface area contributed by atoms with Crippen LogP contribution in [0.4, 0.5) is 4.39 Å². The van der Waals surface area contributed by atoms with Crippen LogP contribution in [-0.4, -0.2) is 16.3 Å². The molecule has 2 unspecified atom stereocenters. The molecule has 0 radical (unpaired) electrons. The van der Waals surface area contributed by atoms with Crippen LogP contribution in [0.15, 0.2) is 18.2 Å². The standard InChI is InChI=1S/C10H10FNO2/c1-6-2-7(4-8(11)3-6)10(14)9(13)5-12/h2-4,9-10,13-14H,1H3. The van der Waals surface area contributed by atoms with Gasteiger partial charge in [0.2, 0.25) is 0 Å². The molecule has 74 valence electrons. The Morgan fingerprint density at radius 2 is 2.00 bits per heavy atom. The Kier molecular flexibility index (Phi) is 3.18. The third kappa shape index (κ3) is 2.28. The minimum absolute atomic E-state index is 0.205. The molecule has 2 atom stereocenters. The molecule has 2 N–H and O–H groups in total. The highest BCUT2D eigenvalue weighted by Crippen LogP contribution is 2.19. The zero-order valence-corrected chi connectivity index (χ0v) is 7.61. The lowest BCUT2D eigenvalue weighted by atomic mass is 10.0. The van der Waals surface area contributed by atoms with Crippen molar-refractivity contribution in [2.75, 3.05) is 0 Å². The number of aryl methyl sites for hydroxylation is 1. The van der Waals surface area contributed by atoms with Crippen LogP contribution in [0.2, 0.25) is 0 Å². The quantitative estimate of drug-likeness (QED) is 0.693. The zero-order valence-electron chi connectivity index (χ0n) is 7.61. The highest BCUT2D eigenvalue weighted by Gasteiger charge is 2.18. The number of nitriles is 1. The van der Waals surface area contributed by atoms with Gasteiger partial charge in [0.15, 0.2) is 6.10 Å². The topological polar surface area (TPSA) is 64.2 Å². The summed E-state index contributed by atoms with van der Waals surface area (Å²) in [5.74, 6) is -0.496. The molecule has 0 aliphatic rings. The first-order valence-electron chi connectivity index (χ1n) is 4.07. The number of hydrogen-bond donors (Lipinski definition) is 2. The Balaban J connectivity index is 3.02. The lowest BCUT2D eigenvalue weighted by Crippen LogP contribution is -2.16. The van der Waals surface area contributed by atoms with Crippen LogP contribution in [0.1, 0.15) is 17.2 Å². The highest BCUT2D eigenvalue weighted by molar-refractivity contribution is 5.26. The molecule has 0 saturated heterocycles. The van der Waals surface area contributed by atoms with Crippen molar-refractivity contribution in [3.63, 3.8) is 0 Å². The second-order valence-corrected chi connectivity index (χ2v) is 3.08. The van der Waals surface area contributed by atoms with Gasteiger partial charge in [0.25, 0.3) is 0 Å². The predicted molar refractivity (Wildman–Crippen MR) is 47.7 cm³/mol. The molecule has 0 amide bonds. The monoisotopic (exact) mass is 195 g/mol.